The molecule has 0 aromatic carbocycles. The Balaban J connectivity index is 2.20. The predicted molar refractivity (Wildman–Crippen MR) is 63.5 cm³/mol. The highest BCUT2D eigenvalue weighted by molar-refractivity contribution is 7.80. The Bertz CT molecular complexity index is 140. The molecule has 0 spiro atoms. The van der Waals surface area contributed by atoms with Crippen LogP contribution in [0.1, 0.15) is 57.8 Å². The monoisotopic (exact) mass is 198 g/mol. The summed E-state index contributed by atoms with van der Waals surface area (Å²) in [5, 5.41) is 0.660. The van der Waals surface area contributed by atoms with Crippen LogP contribution < -0.4 is 0 Å². The molecule has 0 aromatic heterocycles. The van der Waals surface area contributed by atoms with Crippen molar-refractivity contribution in [2.24, 2.45) is 0 Å². The molecule has 1 heteroatoms. The third kappa shape index (κ3) is 6.20. The lowest BCUT2D eigenvalue weighted by Gasteiger charge is -2.10. The first-order valence-electron chi connectivity index (χ1n) is 5.72. The minimum atomic E-state index is 0.660. The van der Waals surface area contributed by atoms with Crippen molar-refractivity contribution in [3.63, 3.8) is 0 Å². The molecule has 0 aromatic rings. The van der Waals surface area contributed by atoms with Crippen LogP contribution in [-0.4, -0.2) is 5.25 Å². The number of hydrogen-bond donors (Lipinski definition) is 1. The van der Waals surface area contributed by atoms with E-state index in [4.69, 9.17) is 0 Å². The van der Waals surface area contributed by atoms with E-state index in [0.717, 1.165) is 0 Å². The minimum absolute atomic E-state index is 0.660. The third-order valence-electron chi connectivity index (χ3n) is 2.73. The molecule has 0 bridgehead atoms. The van der Waals surface area contributed by atoms with Crippen LogP contribution >= 0.6 is 12.6 Å². The van der Waals surface area contributed by atoms with E-state index in [1.165, 1.54) is 57.8 Å². The molecule has 0 amide bonds. The molecule has 0 saturated carbocycles. The van der Waals surface area contributed by atoms with Gasteiger partial charge in [0.15, 0.2) is 0 Å². The van der Waals surface area contributed by atoms with Crippen LogP contribution in [0.4, 0.5) is 0 Å². The summed E-state index contributed by atoms with van der Waals surface area (Å²) in [5.41, 5.74) is 0. The summed E-state index contributed by atoms with van der Waals surface area (Å²) < 4.78 is 0. The van der Waals surface area contributed by atoms with Gasteiger partial charge in [-0.1, -0.05) is 31.4 Å². The molecule has 1 aliphatic carbocycles. The maximum atomic E-state index is 4.60. The first-order chi connectivity index (χ1) is 6.39. The highest BCUT2D eigenvalue weighted by Gasteiger charge is 2.02. The molecule has 0 nitrogen and oxygen atoms in total. The van der Waals surface area contributed by atoms with Gasteiger partial charge in [-0.05, 0) is 38.5 Å². The summed E-state index contributed by atoms with van der Waals surface area (Å²) in [6.07, 6.45) is 16.8. The van der Waals surface area contributed by atoms with Crippen LogP contribution in [0.2, 0.25) is 0 Å². The summed E-state index contributed by atoms with van der Waals surface area (Å²) in [7, 11) is 0. The summed E-state index contributed by atoms with van der Waals surface area (Å²) in [6.45, 7) is 0. The van der Waals surface area contributed by atoms with Gasteiger partial charge < -0.3 is 0 Å². The molecule has 0 N–H and O–H groups in total. The van der Waals surface area contributed by atoms with E-state index in [2.05, 4.69) is 24.8 Å². The molecule has 0 radical (unpaired) electrons. The highest BCUT2D eigenvalue weighted by atomic mass is 32.1. The molecular weight excluding hydrogens is 176 g/mol. The number of allylic oxidation sites excluding steroid dienone is 2. The Labute approximate surface area is 88.2 Å². The lowest BCUT2D eigenvalue weighted by atomic mass is 10.0. The van der Waals surface area contributed by atoms with Crippen molar-refractivity contribution in [1.29, 1.82) is 0 Å². The average Bonchev–Trinajstić information content (AvgIpc) is 2.11. The van der Waals surface area contributed by atoms with Crippen molar-refractivity contribution in [3.8, 4) is 0 Å². The van der Waals surface area contributed by atoms with Gasteiger partial charge in [-0.15, -0.1) is 0 Å². The lowest BCUT2D eigenvalue weighted by molar-refractivity contribution is 0.577. The van der Waals surface area contributed by atoms with E-state index in [9.17, 15) is 0 Å². The van der Waals surface area contributed by atoms with Gasteiger partial charge in [-0.2, -0.15) is 12.6 Å². The van der Waals surface area contributed by atoms with Crippen molar-refractivity contribution in [2.45, 2.75) is 63.0 Å². The minimum Gasteiger partial charge on any atom is -0.176 e. The Morgan fingerprint density at radius 1 is 0.769 bits per heavy atom. The van der Waals surface area contributed by atoms with Gasteiger partial charge in [0.05, 0.1) is 0 Å². The van der Waals surface area contributed by atoms with E-state index >= 15 is 0 Å². The van der Waals surface area contributed by atoms with Crippen molar-refractivity contribution < 1.29 is 0 Å². The smallest absolute Gasteiger partial charge is 0.00169 e. The number of hydrogen-bond acceptors (Lipinski definition) is 1. The molecule has 1 unspecified atom stereocenters. The SMILES string of the molecule is SC1CCC/C=C\CCCCCC1. The lowest BCUT2D eigenvalue weighted by Crippen LogP contribution is -1.98. The summed E-state index contributed by atoms with van der Waals surface area (Å²) >= 11 is 4.60. The molecular formula is C12H22S. The Morgan fingerprint density at radius 2 is 1.38 bits per heavy atom. The van der Waals surface area contributed by atoms with Crippen LogP contribution in [0.25, 0.3) is 0 Å². The molecule has 0 saturated heterocycles. The van der Waals surface area contributed by atoms with Crippen molar-refractivity contribution in [3.05, 3.63) is 12.2 Å². The summed E-state index contributed by atoms with van der Waals surface area (Å²) in [5.74, 6) is 0. The molecule has 0 fully saturated rings. The molecule has 76 valence electrons. The van der Waals surface area contributed by atoms with Gasteiger partial charge in [-0.25, -0.2) is 0 Å². The van der Waals surface area contributed by atoms with Gasteiger partial charge in [0.25, 0.3) is 0 Å². The molecule has 1 rings (SSSR count). The Kier molecular flexibility index (Phi) is 6.43. The predicted octanol–water partition coefficient (Wildman–Crippen LogP) is 4.37. The Morgan fingerprint density at radius 3 is 2.23 bits per heavy atom. The fourth-order valence-electron chi connectivity index (χ4n) is 1.85. The third-order valence-corrected chi connectivity index (χ3v) is 3.25. The first kappa shape index (κ1) is 11.2. The first-order valence-corrected chi connectivity index (χ1v) is 6.24. The van der Waals surface area contributed by atoms with E-state index in [1.807, 2.05) is 0 Å². The van der Waals surface area contributed by atoms with Crippen LogP contribution in [0, 0.1) is 0 Å². The second-order valence-corrected chi connectivity index (χ2v) is 4.78. The van der Waals surface area contributed by atoms with Crippen LogP contribution in [0.3, 0.4) is 0 Å². The van der Waals surface area contributed by atoms with Crippen molar-refractivity contribution in [1.82, 2.24) is 0 Å². The maximum absolute atomic E-state index is 4.60. The van der Waals surface area contributed by atoms with Gasteiger partial charge >= 0.3 is 0 Å². The zero-order chi connectivity index (χ0) is 9.36. The zero-order valence-electron chi connectivity index (χ0n) is 8.54. The highest BCUT2D eigenvalue weighted by Crippen LogP contribution is 2.17. The van der Waals surface area contributed by atoms with Gasteiger partial charge in [0, 0.05) is 5.25 Å². The molecule has 1 aliphatic rings. The average molecular weight is 198 g/mol. The van der Waals surface area contributed by atoms with Gasteiger partial charge in [0.2, 0.25) is 0 Å². The summed E-state index contributed by atoms with van der Waals surface area (Å²) in [6, 6.07) is 0. The van der Waals surface area contributed by atoms with Crippen molar-refractivity contribution in [2.75, 3.05) is 0 Å². The van der Waals surface area contributed by atoms with E-state index in [0.29, 0.717) is 5.25 Å². The normalized spacial score (nSPS) is 30.1. The number of thiol groups is 1. The quantitative estimate of drug-likeness (QED) is 0.434. The molecule has 1 atom stereocenters. The molecule has 0 aliphatic heterocycles. The second kappa shape index (κ2) is 7.49. The van der Waals surface area contributed by atoms with Crippen LogP contribution in [-0.2, 0) is 0 Å². The van der Waals surface area contributed by atoms with E-state index < -0.39 is 0 Å². The van der Waals surface area contributed by atoms with E-state index in [-0.39, 0.29) is 0 Å². The van der Waals surface area contributed by atoms with E-state index in [1.54, 1.807) is 0 Å². The van der Waals surface area contributed by atoms with Gasteiger partial charge in [0.1, 0.15) is 0 Å². The fourth-order valence-corrected chi connectivity index (χ4v) is 2.21. The Hall–Kier alpha value is 0.0900. The van der Waals surface area contributed by atoms with Crippen LogP contribution in [0.15, 0.2) is 12.2 Å². The largest absolute Gasteiger partial charge is 0.176 e. The topological polar surface area (TPSA) is 0 Å². The van der Waals surface area contributed by atoms with Crippen molar-refractivity contribution >= 4 is 12.6 Å². The molecule has 0 heterocycles. The maximum Gasteiger partial charge on any atom is 0.00169 e. The van der Waals surface area contributed by atoms with Crippen LogP contribution in [0.5, 0.6) is 0 Å². The van der Waals surface area contributed by atoms with Gasteiger partial charge in [-0.3, -0.25) is 0 Å². The molecule has 13 heavy (non-hydrogen) atoms. The number of rotatable bonds is 0. The summed E-state index contributed by atoms with van der Waals surface area (Å²) in [4.78, 5) is 0. The fraction of sp³-hybridized carbons (Fsp3) is 0.833. The standard InChI is InChI=1S/C12H22S/c13-12-10-8-6-4-2-1-3-5-7-9-11-12/h2,4,12-13H,1,3,5-11H2/b4-2-. The zero-order valence-corrected chi connectivity index (χ0v) is 9.44. The second-order valence-electron chi connectivity index (χ2n) is 4.05.